The zero-order valence-electron chi connectivity index (χ0n) is 16.5. The monoisotopic (exact) mass is 451 g/mol. The van der Waals surface area contributed by atoms with Crippen molar-refractivity contribution in [2.45, 2.75) is 12.9 Å². The van der Waals surface area contributed by atoms with E-state index in [1.165, 1.54) is 23.3 Å². The smallest absolute Gasteiger partial charge is 0.433 e. The summed E-state index contributed by atoms with van der Waals surface area (Å²) >= 11 is 0. The van der Waals surface area contributed by atoms with E-state index in [0.717, 1.165) is 0 Å². The van der Waals surface area contributed by atoms with Gasteiger partial charge in [0.1, 0.15) is 23.7 Å². The normalized spacial score (nSPS) is 11.8. The van der Waals surface area contributed by atoms with Crippen molar-refractivity contribution in [1.29, 1.82) is 0 Å². The number of carbonyl (C=O) groups is 1. The van der Waals surface area contributed by atoms with Crippen LogP contribution in [0.15, 0.2) is 31.0 Å². The first kappa shape index (κ1) is 21.2. The summed E-state index contributed by atoms with van der Waals surface area (Å²) in [6, 6.07) is 1.63. The number of fused-ring (bicyclic) bond motifs is 1. The zero-order chi connectivity index (χ0) is 22.7. The maximum absolute atomic E-state index is 13.0. The lowest BCUT2D eigenvalue weighted by atomic mass is 10.2. The molecule has 4 rings (SSSR count). The van der Waals surface area contributed by atoms with E-state index in [0.29, 0.717) is 17.9 Å². The number of nitrogens with zero attached hydrogens (tertiary/aromatic N) is 7. The summed E-state index contributed by atoms with van der Waals surface area (Å²) in [6.45, 7) is 0.445. The number of rotatable bonds is 7. The molecule has 32 heavy (non-hydrogen) atoms. The molecule has 0 aliphatic rings. The van der Waals surface area contributed by atoms with Gasteiger partial charge in [0.05, 0.1) is 6.33 Å². The van der Waals surface area contributed by atoms with Gasteiger partial charge in [-0.15, -0.1) is 0 Å². The number of hydrogen-bond acceptors (Lipinski definition) is 9. The highest BCUT2D eigenvalue weighted by Crippen LogP contribution is 2.32. The average Bonchev–Trinajstić information content (AvgIpc) is 3.49. The molecule has 0 unspecified atom stereocenters. The molecule has 2 N–H and O–H groups in total. The minimum atomic E-state index is -4.69. The molecule has 0 amide bonds. The summed E-state index contributed by atoms with van der Waals surface area (Å²) in [5, 5.41) is 8.34. The van der Waals surface area contributed by atoms with E-state index in [2.05, 4.69) is 30.4 Å². The van der Waals surface area contributed by atoms with Gasteiger partial charge in [-0.3, -0.25) is 9.50 Å². The quantitative estimate of drug-likeness (QED) is 0.318. The molecule has 15 heteroatoms. The molecule has 0 radical (unpaired) electrons. The minimum Gasteiger partial charge on any atom is -0.433 e. The van der Waals surface area contributed by atoms with Crippen LogP contribution < -0.4 is 5.32 Å². The second kappa shape index (κ2) is 8.62. The van der Waals surface area contributed by atoms with Crippen molar-refractivity contribution in [2.75, 3.05) is 20.2 Å². The summed E-state index contributed by atoms with van der Waals surface area (Å²) in [4.78, 5) is 27.7. The molecule has 4 aromatic rings. The summed E-state index contributed by atoms with van der Waals surface area (Å²) in [6.07, 6.45) is 0.480. The first-order chi connectivity index (χ1) is 15.4. The van der Waals surface area contributed by atoms with Gasteiger partial charge in [-0.1, -0.05) is 0 Å². The number of halogens is 3. The van der Waals surface area contributed by atoms with Crippen molar-refractivity contribution < 1.29 is 27.4 Å². The fraction of sp³-hybridized carbons (Fsp3) is 0.294. The van der Waals surface area contributed by atoms with Gasteiger partial charge in [-0.2, -0.15) is 18.3 Å². The maximum Gasteiger partial charge on any atom is 0.510 e. The molecule has 0 bridgehead atoms. The van der Waals surface area contributed by atoms with Crippen LogP contribution in [-0.2, 0) is 22.4 Å². The van der Waals surface area contributed by atoms with E-state index in [9.17, 15) is 18.0 Å². The molecule has 0 aliphatic carbocycles. The third-order valence-electron chi connectivity index (χ3n) is 4.15. The first-order valence-electron chi connectivity index (χ1n) is 9.16. The fourth-order valence-corrected chi connectivity index (χ4v) is 2.74. The Morgan fingerprint density at radius 3 is 2.84 bits per heavy atom. The van der Waals surface area contributed by atoms with Crippen molar-refractivity contribution in [3.63, 3.8) is 0 Å². The molecule has 0 aliphatic heterocycles. The van der Waals surface area contributed by atoms with E-state index in [1.54, 1.807) is 23.7 Å². The van der Waals surface area contributed by atoms with Gasteiger partial charge in [0.2, 0.25) is 17.4 Å². The van der Waals surface area contributed by atoms with Crippen LogP contribution in [0, 0.1) is 0 Å². The van der Waals surface area contributed by atoms with Gasteiger partial charge < -0.3 is 19.4 Å². The van der Waals surface area contributed by atoms with Crippen LogP contribution in [0.2, 0.25) is 0 Å². The number of imidazole rings is 2. The van der Waals surface area contributed by atoms with E-state index < -0.39 is 18.2 Å². The van der Waals surface area contributed by atoms with Crippen LogP contribution in [0.25, 0.3) is 28.7 Å². The minimum absolute atomic E-state index is 0.0492. The molecule has 0 fully saturated rings. The van der Waals surface area contributed by atoms with Gasteiger partial charge in [0, 0.05) is 25.1 Å². The highest BCUT2D eigenvalue weighted by molar-refractivity contribution is 5.76. The first-order valence-corrected chi connectivity index (χ1v) is 9.16. The van der Waals surface area contributed by atoms with Gasteiger partial charge in [-0.05, 0) is 13.1 Å². The van der Waals surface area contributed by atoms with Crippen LogP contribution in [0.4, 0.5) is 18.0 Å². The van der Waals surface area contributed by atoms with Gasteiger partial charge >= 0.3 is 12.3 Å². The molecular formula is C17H16F3N9O3. The third-order valence-corrected chi connectivity index (χ3v) is 4.15. The van der Waals surface area contributed by atoms with Crippen molar-refractivity contribution >= 4 is 11.9 Å². The Balaban J connectivity index is 1.63. The average molecular weight is 451 g/mol. The van der Waals surface area contributed by atoms with E-state index in [1.807, 2.05) is 5.10 Å². The van der Waals surface area contributed by atoms with Crippen LogP contribution >= 0.6 is 0 Å². The molecule has 0 spiro atoms. The number of ether oxygens (including phenoxy) is 2. The van der Waals surface area contributed by atoms with Crippen molar-refractivity contribution in [3.8, 4) is 22.9 Å². The number of likely N-dealkylation sites (N-methyl/N-ethyl adjacent to an activating group) is 1. The molecule has 12 nitrogen and oxygen atoms in total. The summed E-state index contributed by atoms with van der Waals surface area (Å²) < 4.78 is 51.7. The molecule has 0 saturated carbocycles. The predicted molar refractivity (Wildman–Crippen MR) is 101 cm³/mol. The van der Waals surface area contributed by atoms with E-state index >= 15 is 0 Å². The third kappa shape index (κ3) is 4.36. The number of H-pyrrole nitrogens is 1. The SMILES string of the molecule is CNCCOC(=O)OCn1cnc(-c2c(-c3n[nH]c(C(F)(F)F)n3)nc3ncccn23)c1. The molecule has 168 valence electrons. The van der Waals surface area contributed by atoms with Gasteiger partial charge in [-0.25, -0.2) is 24.7 Å². The highest BCUT2D eigenvalue weighted by atomic mass is 19.4. The summed E-state index contributed by atoms with van der Waals surface area (Å²) in [5.41, 5.74) is 0.690. The second-order valence-corrected chi connectivity index (χ2v) is 6.35. The molecule has 0 saturated heterocycles. The number of aromatic nitrogens is 8. The molecule has 0 aromatic carbocycles. The largest absolute Gasteiger partial charge is 0.510 e. The van der Waals surface area contributed by atoms with Crippen molar-refractivity contribution in [1.82, 2.24) is 44.4 Å². The lowest BCUT2D eigenvalue weighted by molar-refractivity contribution is -0.144. The number of carbonyl (C=O) groups excluding carboxylic acids is 1. The molecule has 4 heterocycles. The molecule has 0 atom stereocenters. The predicted octanol–water partition coefficient (Wildman–Crippen LogP) is 1.73. The molecular weight excluding hydrogens is 435 g/mol. The zero-order valence-corrected chi connectivity index (χ0v) is 16.5. The van der Waals surface area contributed by atoms with Crippen LogP contribution in [0.3, 0.4) is 0 Å². The lowest BCUT2D eigenvalue weighted by Gasteiger charge is -2.06. The topological polar surface area (TPSA) is 137 Å². The Morgan fingerprint density at radius 2 is 2.09 bits per heavy atom. The number of aromatic amines is 1. The Kier molecular flexibility index (Phi) is 5.72. The standard InChI is InChI=1S/C17H16F3N9O3/c1-21-4-6-31-16(30)32-9-28-7-10(23-8-28)12-11(24-15-22-3-2-5-29(12)15)13-25-14(27-26-13)17(18,19)20/h2-3,5,7-8,21H,4,6,9H2,1H3,(H,25,26,27). The molecule has 4 aromatic heterocycles. The fourth-order valence-electron chi connectivity index (χ4n) is 2.74. The van der Waals surface area contributed by atoms with Crippen molar-refractivity contribution in [2.24, 2.45) is 0 Å². The second-order valence-electron chi connectivity index (χ2n) is 6.35. The van der Waals surface area contributed by atoms with E-state index in [4.69, 9.17) is 9.47 Å². The Bertz CT molecular complexity index is 1230. The van der Waals surface area contributed by atoms with Crippen LogP contribution in [0.5, 0.6) is 0 Å². The van der Waals surface area contributed by atoms with Gasteiger partial charge in [0.25, 0.3) is 0 Å². The summed E-state index contributed by atoms with van der Waals surface area (Å²) in [5.74, 6) is -1.30. The van der Waals surface area contributed by atoms with Crippen LogP contribution in [-0.4, -0.2) is 65.5 Å². The Hall–Kier alpha value is -4.01. The highest BCUT2D eigenvalue weighted by Gasteiger charge is 2.36. The van der Waals surface area contributed by atoms with Gasteiger partial charge in [0.15, 0.2) is 6.73 Å². The van der Waals surface area contributed by atoms with Crippen LogP contribution in [0.1, 0.15) is 5.82 Å². The number of alkyl halides is 3. The number of nitrogens with one attached hydrogen (secondary N) is 2. The summed E-state index contributed by atoms with van der Waals surface area (Å²) in [7, 11) is 1.72. The Labute approximate surface area is 177 Å². The Morgan fingerprint density at radius 1 is 1.25 bits per heavy atom. The van der Waals surface area contributed by atoms with E-state index in [-0.39, 0.29) is 30.6 Å². The lowest BCUT2D eigenvalue weighted by Crippen LogP contribution is -2.18. The maximum atomic E-state index is 13.0. The number of hydrogen-bond donors (Lipinski definition) is 2. The van der Waals surface area contributed by atoms with Crippen molar-refractivity contribution in [3.05, 3.63) is 36.8 Å².